The lowest BCUT2D eigenvalue weighted by atomic mass is 9.87. The molecule has 5 heteroatoms. The van der Waals surface area contributed by atoms with Crippen LogP contribution in [0, 0.1) is 5.92 Å². The van der Waals surface area contributed by atoms with Gasteiger partial charge in [0.15, 0.2) is 0 Å². The minimum Gasteiger partial charge on any atom is -0.393 e. The number of para-hydroxylation sites is 1. The van der Waals surface area contributed by atoms with Crippen LogP contribution in [0.2, 0.25) is 0 Å². The summed E-state index contributed by atoms with van der Waals surface area (Å²) in [5.74, 6) is -0.0701. The van der Waals surface area contributed by atoms with Crippen LogP contribution in [-0.2, 0) is 0 Å². The van der Waals surface area contributed by atoms with Crippen LogP contribution in [0.1, 0.15) is 36.0 Å². The molecule has 2 unspecified atom stereocenters. The average Bonchev–Trinajstić information content (AvgIpc) is 2.53. The fourth-order valence-corrected chi connectivity index (χ4v) is 3.12. The third-order valence-electron chi connectivity index (χ3n) is 4.34. The highest BCUT2D eigenvalue weighted by molar-refractivity contribution is 5.97. The van der Waals surface area contributed by atoms with Gasteiger partial charge < -0.3 is 15.4 Å². The van der Waals surface area contributed by atoms with Crippen LogP contribution in [0.15, 0.2) is 35.3 Å². The van der Waals surface area contributed by atoms with E-state index in [4.69, 9.17) is 0 Å². The zero-order valence-corrected chi connectivity index (χ0v) is 12.3. The second kappa shape index (κ2) is 6.32. The number of benzene rings is 1. The van der Waals surface area contributed by atoms with E-state index in [2.05, 4.69) is 10.3 Å². The molecule has 22 heavy (non-hydrogen) atoms. The van der Waals surface area contributed by atoms with Crippen molar-refractivity contribution in [1.82, 2.24) is 10.3 Å². The van der Waals surface area contributed by atoms with Crippen molar-refractivity contribution >= 4 is 16.8 Å². The number of aromatic nitrogens is 1. The molecule has 1 aromatic carbocycles. The van der Waals surface area contributed by atoms with Crippen molar-refractivity contribution in [2.75, 3.05) is 6.54 Å². The summed E-state index contributed by atoms with van der Waals surface area (Å²) in [6.45, 7) is 0.502. The Labute approximate surface area is 128 Å². The van der Waals surface area contributed by atoms with E-state index in [1.807, 2.05) is 12.1 Å². The predicted molar refractivity (Wildman–Crippen MR) is 84.9 cm³/mol. The zero-order chi connectivity index (χ0) is 15.5. The molecule has 1 amide bonds. The summed E-state index contributed by atoms with van der Waals surface area (Å²) < 4.78 is 0. The van der Waals surface area contributed by atoms with E-state index in [0.29, 0.717) is 18.4 Å². The van der Waals surface area contributed by atoms with Crippen molar-refractivity contribution < 1.29 is 9.90 Å². The molecule has 5 nitrogen and oxygen atoms in total. The number of aliphatic hydroxyl groups is 1. The lowest BCUT2D eigenvalue weighted by Gasteiger charge is -2.25. The number of aliphatic hydroxyl groups excluding tert-OH is 1. The SMILES string of the molecule is O=C(NCC1CCCC(O)C1)c1c[nH]c2ccccc2c1=O. The van der Waals surface area contributed by atoms with Crippen molar-refractivity contribution in [3.63, 3.8) is 0 Å². The molecule has 0 saturated heterocycles. The molecular weight excluding hydrogens is 280 g/mol. The Hall–Kier alpha value is -2.14. The maximum Gasteiger partial charge on any atom is 0.256 e. The van der Waals surface area contributed by atoms with Gasteiger partial charge in [-0.15, -0.1) is 0 Å². The Morgan fingerprint density at radius 1 is 1.32 bits per heavy atom. The fraction of sp³-hybridized carbons (Fsp3) is 0.412. The van der Waals surface area contributed by atoms with Crippen LogP contribution >= 0.6 is 0 Å². The van der Waals surface area contributed by atoms with Crippen LogP contribution in [0.25, 0.3) is 10.9 Å². The van der Waals surface area contributed by atoms with Crippen LogP contribution in [0.3, 0.4) is 0 Å². The molecule has 1 fully saturated rings. The van der Waals surface area contributed by atoms with Gasteiger partial charge in [-0.25, -0.2) is 0 Å². The smallest absolute Gasteiger partial charge is 0.256 e. The summed E-state index contributed by atoms with van der Waals surface area (Å²) in [6, 6.07) is 7.14. The van der Waals surface area contributed by atoms with Gasteiger partial charge in [-0.1, -0.05) is 18.6 Å². The van der Waals surface area contributed by atoms with Gasteiger partial charge >= 0.3 is 0 Å². The number of carbonyl (C=O) groups is 1. The molecule has 1 aliphatic carbocycles. The minimum atomic E-state index is -0.355. The third kappa shape index (κ3) is 3.04. The maximum atomic E-state index is 12.4. The van der Waals surface area contributed by atoms with Gasteiger partial charge in [-0.3, -0.25) is 9.59 Å². The van der Waals surface area contributed by atoms with E-state index in [1.165, 1.54) is 6.20 Å². The Balaban J connectivity index is 1.72. The lowest BCUT2D eigenvalue weighted by Crippen LogP contribution is -2.35. The summed E-state index contributed by atoms with van der Waals surface area (Å²) in [6.07, 6.45) is 4.75. The number of hydrogen-bond donors (Lipinski definition) is 3. The topological polar surface area (TPSA) is 82.2 Å². The van der Waals surface area contributed by atoms with Gasteiger partial charge in [-0.2, -0.15) is 0 Å². The Morgan fingerprint density at radius 2 is 2.14 bits per heavy atom. The van der Waals surface area contributed by atoms with Gasteiger partial charge in [0.05, 0.1) is 6.10 Å². The zero-order valence-electron chi connectivity index (χ0n) is 12.3. The van der Waals surface area contributed by atoms with E-state index < -0.39 is 0 Å². The summed E-state index contributed by atoms with van der Waals surface area (Å²) in [5.41, 5.74) is 0.602. The molecule has 3 rings (SSSR count). The molecule has 1 aromatic heterocycles. The summed E-state index contributed by atoms with van der Waals surface area (Å²) in [7, 11) is 0. The molecule has 3 N–H and O–H groups in total. The van der Waals surface area contributed by atoms with E-state index in [-0.39, 0.29) is 28.9 Å². The monoisotopic (exact) mass is 300 g/mol. The number of nitrogens with one attached hydrogen (secondary N) is 2. The molecule has 0 bridgehead atoms. The lowest BCUT2D eigenvalue weighted by molar-refractivity contribution is 0.0873. The first-order valence-electron chi connectivity index (χ1n) is 7.72. The highest BCUT2D eigenvalue weighted by atomic mass is 16.3. The van der Waals surface area contributed by atoms with E-state index in [1.54, 1.807) is 12.1 Å². The van der Waals surface area contributed by atoms with E-state index >= 15 is 0 Å². The second-order valence-corrected chi connectivity index (χ2v) is 5.97. The maximum absolute atomic E-state index is 12.4. The molecule has 1 heterocycles. The summed E-state index contributed by atoms with van der Waals surface area (Å²) >= 11 is 0. The molecule has 2 atom stereocenters. The quantitative estimate of drug-likeness (QED) is 0.808. The largest absolute Gasteiger partial charge is 0.393 e. The van der Waals surface area contributed by atoms with Crippen molar-refractivity contribution in [2.24, 2.45) is 5.92 Å². The highest BCUT2D eigenvalue weighted by Gasteiger charge is 2.21. The normalized spacial score (nSPS) is 21.7. The number of fused-ring (bicyclic) bond motifs is 1. The molecule has 1 saturated carbocycles. The number of rotatable bonds is 3. The Bertz CT molecular complexity index is 738. The number of hydrogen-bond acceptors (Lipinski definition) is 3. The first kappa shape index (κ1) is 14.8. The van der Waals surface area contributed by atoms with E-state index in [0.717, 1.165) is 24.8 Å². The molecule has 2 aromatic rings. The van der Waals surface area contributed by atoms with Crippen LogP contribution in [0.4, 0.5) is 0 Å². The predicted octanol–water partition coefficient (Wildman–Crippen LogP) is 1.81. The fourth-order valence-electron chi connectivity index (χ4n) is 3.12. The van der Waals surface area contributed by atoms with Gasteiger partial charge in [0.1, 0.15) is 5.56 Å². The molecule has 1 aliphatic rings. The molecular formula is C17H20N2O3. The first-order valence-corrected chi connectivity index (χ1v) is 7.72. The summed E-state index contributed by atoms with van der Waals surface area (Å²) in [5, 5.41) is 13.0. The Morgan fingerprint density at radius 3 is 2.95 bits per heavy atom. The standard InChI is InChI=1S/C17H20N2O3/c20-12-5-3-4-11(8-12)9-19-17(22)14-10-18-15-7-2-1-6-13(15)16(14)21/h1-2,6-7,10-12,20H,3-5,8-9H2,(H,18,21)(H,19,22). The number of H-pyrrole nitrogens is 1. The van der Waals surface area contributed by atoms with Crippen LogP contribution in [-0.4, -0.2) is 28.6 Å². The number of carbonyl (C=O) groups excluding carboxylic acids is 1. The molecule has 0 radical (unpaired) electrons. The van der Waals surface area contributed by atoms with Gasteiger partial charge in [0, 0.05) is 23.6 Å². The van der Waals surface area contributed by atoms with Gasteiger partial charge in [0.25, 0.3) is 5.91 Å². The number of aromatic amines is 1. The van der Waals surface area contributed by atoms with Crippen molar-refractivity contribution in [3.8, 4) is 0 Å². The number of pyridine rings is 1. The van der Waals surface area contributed by atoms with Crippen LogP contribution in [0.5, 0.6) is 0 Å². The van der Waals surface area contributed by atoms with Crippen molar-refractivity contribution in [1.29, 1.82) is 0 Å². The van der Waals surface area contributed by atoms with Crippen molar-refractivity contribution in [3.05, 3.63) is 46.2 Å². The Kier molecular flexibility index (Phi) is 4.24. The average molecular weight is 300 g/mol. The van der Waals surface area contributed by atoms with E-state index in [9.17, 15) is 14.7 Å². The van der Waals surface area contributed by atoms with Gasteiger partial charge in [-0.05, 0) is 37.3 Å². The second-order valence-electron chi connectivity index (χ2n) is 5.97. The summed E-state index contributed by atoms with van der Waals surface area (Å²) in [4.78, 5) is 27.6. The number of amides is 1. The van der Waals surface area contributed by atoms with Crippen LogP contribution < -0.4 is 10.7 Å². The third-order valence-corrected chi connectivity index (χ3v) is 4.34. The molecule has 0 aliphatic heterocycles. The molecule has 0 spiro atoms. The van der Waals surface area contributed by atoms with Crippen molar-refractivity contribution in [2.45, 2.75) is 31.8 Å². The highest BCUT2D eigenvalue weighted by Crippen LogP contribution is 2.23. The minimum absolute atomic E-state index is 0.134. The molecule has 116 valence electrons. The first-order chi connectivity index (χ1) is 10.6. The van der Waals surface area contributed by atoms with Gasteiger partial charge in [0.2, 0.25) is 5.43 Å².